The van der Waals surface area contributed by atoms with Crippen LogP contribution in [0.2, 0.25) is 0 Å². The first-order chi connectivity index (χ1) is 8.02. The molecule has 18 heavy (non-hydrogen) atoms. The topological polar surface area (TPSA) is 37.4 Å². The summed E-state index contributed by atoms with van der Waals surface area (Å²) in [6, 6.07) is 0.247. The van der Waals surface area contributed by atoms with E-state index in [-0.39, 0.29) is 22.4 Å². The van der Waals surface area contributed by atoms with Crippen LogP contribution >= 0.6 is 0 Å². The molecule has 4 heteroatoms. The fraction of sp³-hybridized carbons (Fsp3) is 1.00. The number of hydrogen-bond donors (Lipinski definition) is 0. The van der Waals surface area contributed by atoms with Crippen LogP contribution in [0.5, 0.6) is 0 Å². The minimum atomic E-state index is -3.09. The third-order valence-electron chi connectivity index (χ3n) is 6.07. The zero-order valence-electron chi connectivity index (χ0n) is 12.2. The molecule has 2 saturated carbocycles. The number of sulfonamides is 1. The van der Waals surface area contributed by atoms with Gasteiger partial charge in [0.1, 0.15) is 0 Å². The van der Waals surface area contributed by atoms with Crippen LogP contribution in [-0.4, -0.2) is 30.1 Å². The molecule has 3 rings (SSSR count). The molecule has 1 aliphatic heterocycles. The van der Waals surface area contributed by atoms with Gasteiger partial charge in [-0.3, -0.25) is 0 Å². The van der Waals surface area contributed by atoms with Crippen LogP contribution in [-0.2, 0) is 10.0 Å². The molecule has 104 valence electrons. The van der Waals surface area contributed by atoms with E-state index in [0.717, 1.165) is 12.8 Å². The SMILES string of the molecule is CC(C)(C)N1C2CC3CC[C@]2(CS1(=O)=O)C3(C)C. The van der Waals surface area contributed by atoms with E-state index in [1.807, 2.05) is 25.1 Å². The summed E-state index contributed by atoms with van der Waals surface area (Å²) in [7, 11) is -3.09. The fourth-order valence-electron chi connectivity index (χ4n) is 5.17. The van der Waals surface area contributed by atoms with E-state index >= 15 is 0 Å². The first kappa shape index (κ1) is 12.9. The number of hydrogen-bond acceptors (Lipinski definition) is 2. The summed E-state index contributed by atoms with van der Waals surface area (Å²) in [5.74, 6) is 1.09. The lowest BCUT2D eigenvalue weighted by molar-refractivity contribution is 0.0814. The Morgan fingerprint density at radius 3 is 2.33 bits per heavy atom. The van der Waals surface area contributed by atoms with Crippen molar-refractivity contribution in [2.45, 2.75) is 65.5 Å². The second kappa shape index (κ2) is 3.14. The molecule has 1 heterocycles. The van der Waals surface area contributed by atoms with Crippen LogP contribution in [0.25, 0.3) is 0 Å². The molecule has 0 aromatic rings. The minimum Gasteiger partial charge on any atom is -0.212 e. The minimum absolute atomic E-state index is 0.0176. The van der Waals surface area contributed by atoms with Gasteiger partial charge in [-0.05, 0) is 51.4 Å². The molecule has 3 fully saturated rings. The van der Waals surface area contributed by atoms with Gasteiger partial charge in [0.2, 0.25) is 10.0 Å². The maximum absolute atomic E-state index is 12.6. The zero-order valence-corrected chi connectivity index (χ0v) is 13.0. The highest BCUT2D eigenvalue weighted by atomic mass is 32.2. The summed E-state index contributed by atoms with van der Waals surface area (Å²) in [5, 5.41) is 0. The van der Waals surface area contributed by atoms with E-state index in [2.05, 4.69) is 13.8 Å². The lowest BCUT2D eigenvalue weighted by atomic mass is 9.69. The molecule has 0 N–H and O–H groups in total. The van der Waals surface area contributed by atoms with Crippen LogP contribution in [0.1, 0.15) is 53.9 Å². The summed E-state index contributed by atoms with van der Waals surface area (Å²) in [6.07, 6.45) is 3.39. The molecule has 0 aromatic heterocycles. The number of rotatable bonds is 0. The summed E-state index contributed by atoms with van der Waals surface area (Å²) < 4.78 is 27.1. The second-order valence-electron chi connectivity index (χ2n) is 8.09. The molecule has 3 aliphatic rings. The lowest BCUT2D eigenvalue weighted by Crippen LogP contribution is -2.49. The van der Waals surface area contributed by atoms with E-state index in [4.69, 9.17) is 0 Å². The molecular formula is C14H25NO2S. The smallest absolute Gasteiger partial charge is 0.212 e. The molecule has 0 radical (unpaired) electrons. The van der Waals surface area contributed by atoms with Gasteiger partial charge in [-0.15, -0.1) is 0 Å². The zero-order chi connectivity index (χ0) is 13.6. The van der Waals surface area contributed by atoms with Crippen molar-refractivity contribution >= 4 is 10.0 Å². The van der Waals surface area contributed by atoms with Gasteiger partial charge in [-0.25, -0.2) is 8.42 Å². The molecular weight excluding hydrogens is 246 g/mol. The van der Waals surface area contributed by atoms with Gasteiger partial charge in [0.25, 0.3) is 0 Å². The van der Waals surface area contributed by atoms with Crippen molar-refractivity contribution in [1.82, 2.24) is 4.31 Å². The first-order valence-electron chi connectivity index (χ1n) is 7.05. The van der Waals surface area contributed by atoms with Crippen molar-refractivity contribution in [1.29, 1.82) is 0 Å². The van der Waals surface area contributed by atoms with Gasteiger partial charge in [-0.2, -0.15) is 4.31 Å². The lowest BCUT2D eigenvalue weighted by Gasteiger charge is -2.40. The molecule has 2 aliphatic carbocycles. The Hall–Kier alpha value is -0.0900. The van der Waals surface area contributed by atoms with Crippen LogP contribution in [0, 0.1) is 16.7 Å². The summed E-state index contributed by atoms with van der Waals surface area (Å²) in [4.78, 5) is 0. The number of nitrogens with zero attached hydrogens (tertiary/aromatic N) is 1. The maximum atomic E-state index is 12.6. The predicted octanol–water partition coefficient (Wildman–Crippen LogP) is 2.63. The second-order valence-corrected chi connectivity index (χ2v) is 9.93. The van der Waals surface area contributed by atoms with Crippen molar-refractivity contribution in [3.8, 4) is 0 Å². The Morgan fingerprint density at radius 1 is 1.22 bits per heavy atom. The maximum Gasteiger partial charge on any atom is 0.215 e. The highest BCUT2D eigenvalue weighted by Crippen LogP contribution is 2.70. The molecule has 0 aromatic carbocycles. The van der Waals surface area contributed by atoms with E-state index in [9.17, 15) is 8.42 Å². The van der Waals surface area contributed by atoms with Gasteiger partial charge in [0.05, 0.1) is 5.75 Å². The normalized spacial score (nSPS) is 45.4. The van der Waals surface area contributed by atoms with Gasteiger partial charge >= 0.3 is 0 Å². The van der Waals surface area contributed by atoms with Crippen molar-refractivity contribution in [2.24, 2.45) is 16.7 Å². The van der Waals surface area contributed by atoms with E-state index in [0.29, 0.717) is 11.7 Å². The first-order valence-corrected chi connectivity index (χ1v) is 8.65. The quantitative estimate of drug-likeness (QED) is 0.679. The number of fused-ring (bicyclic) bond motifs is 1. The Labute approximate surface area is 111 Å². The predicted molar refractivity (Wildman–Crippen MR) is 72.7 cm³/mol. The Morgan fingerprint density at radius 2 is 1.83 bits per heavy atom. The molecule has 0 amide bonds. The van der Waals surface area contributed by atoms with Crippen molar-refractivity contribution in [2.75, 3.05) is 5.75 Å². The highest BCUT2D eigenvalue weighted by Gasteiger charge is 2.72. The van der Waals surface area contributed by atoms with E-state index in [1.54, 1.807) is 0 Å². The monoisotopic (exact) mass is 271 g/mol. The summed E-state index contributed by atoms with van der Waals surface area (Å²) in [6.45, 7) is 10.7. The summed E-state index contributed by atoms with van der Waals surface area (Å²) in [5.41, 5.74) is -0.0813. The highest BCUT2D eigenvalue weighted by molar-refractivity contribution is 7.89. The molecule has 2 unspecified atom stereocenters. The third-order valence-corrected chi connectivity index (χ3v) is 8.35. The largest absolute Gasteiger partial charge is 0.215 e. The molecule has 2 bridgehead atoms. The van der Waals surface area contributed by atoms with Crippen LogP contribution in [0.15, 0.2) is 0 Å². The molecule has 3 nitrogen and oxygen atoms in total. The van der Waals surface area contributed by atoms with Gasteiger partial charge < -0.3 is 0 Å². The van der Waals surface area contributed by atoms with Crippen LogP contribution in [0.4, 0.5) is 0 Å². The van der Waals surface area contributed by atoms with Crippen molar-refractivity contribution in [3.05, 3.63) is 0 Å². The van der Waals surface area contributed by atoms with Crippen molar-refractivity contribution < 1.29 is 8.42 Å². The van der Waals surface area contributed by atoms with Crippen LogP contribution in [0.3, 0.4) is 0 Å². The van der Waals surface area contributed by atoms with Crippen molar-refractivity contribution in [3.63, 3.8) is 0 Å². The van der Waals surface area contributed by atoms with Gasteiger partial charge in [0, 0.05) is 17.0 Å². The Bertz CT molecular complexity index is 488. The standard InChI is InChI=1S/C14H25NO2S/c1-12(2,3)15-11-8-10-6-7-14(11,13(10,4)5)9-18(15,16)17/h10-11H,6-9H2,1-5H3/t10?,11?,14-/m1/s1. The average Bonchev–Trinajstić information content (AvgIpc) is 2.61. The molecule has 1 spiro atoms. The van der Waals surface area contributed by atoms with Crippen LogP contribution < -0.4 is 0 Å². The van der Waals surface area contributed by atoms with E-state index < -0.39 is 10.0 Å². The van der Waals surface area contributed by atoms with Gasteiger partial charge in [-0.1, -0.05) is 13.8 Å². The molecule has 1 saturated heterocycles. The third kappa shape index (κ3) is 1.26. The van der Waals surface area contributed by atoms with Gasteiger partial charge in [0.15, 0.2) is 0 Å². The Kier molecular flexibility index (Phi) is 2.26. The summed E-state index contributed by atoms with van der Waals surface area (Å²) >= 11 is 0. The average molecular weight is 271 g/mol. The van der Waals surface area contributed by atoms with E-state index in [1.165, 1.54) is 6.42 Å². The Balaban J connectivity index is 2.14. The molecule has 3 atom stereocenters. The fourth-order valence-corrected chi connectivity index (χ4v) is 8.18.